The highest BCUT2D eigenvalue weighted by Gasteiger charge is 2.50. The van der Waals surface area contributed by atoms with Crippen LogP contribution in [0.4, 0.5) is 0 Å². The Morgan fingerprint density at radius 3 is 1.67 bits per heavy atom. The van der Waals surface area contributed by atoms with Gasteiger partial charge in [0.25, 0.3) is 0 Å². The third kappa shape index (κ3) is 1.05. The number of rotatable bonds is 2. The highest BCUT2D eigenvalue weighted by molar-refractivity contribution is 6.05. The summed E-state index contributed by atoms with van der Waals surface area (Å²) >= 11 is 0. The highest BCUT2D eigenvalue weighted by Crippen LogP contribution is 2.40. The van der Waals surface area contributed by atoms with Gasteiger partial charge in [0.1, 0.15) is 5.41 Å². The van der Waals surface area contributed by atoms with Gasteiger partial charge in [0.15, 0.2) is 0 Å². The van der Waals surface area contributed by atoms with Crippen molar-refractivity contribution in [1.29, 1.82) is 0 Å². The minimum atomic E-state index is -1.01. The van der Waals surface area contributed by atoms with Crippen LogP contribution in [0.3, 0.4) is 0 Å². The predicted molar refractivity (Wildman–Crippen MR) is 40.9 cm³/mol. The first-order valence-corrected chi connectivity index (χ1v) is 3.69. The van der Waals surface area contributed by atoms with Gasteiger partial charge in [-0.05, 0) is 12.8 Å². The van der Waals surface area contributed by atoms with Crippen LogP contribution >= 0.6 is 0 Å². The molecule has 1 aliphatic rings. The fourth-order valence-electron chi connectivity index (χ4n) is 1.36. The van der Waals surface area contributed by atoms with Gasteiger partial charge in [-0.15, -0.1) is 0 Å². The summed E-state index contributed by atoms with van der Waals surface area (Å²) in [5.41, 5.74) is 2.92. The maximum absolute atomic E-state index is 11.2. The molecule has 0 aromatic carbocycles. The van der Waals surface area contributed by atoms with Crippen LogP contribution in [-0.2, 0) is 9.59 Å². The minimum Gasteiger partial charge on any atom is -0.293 e. The number of carbonyl (C=O) groups excluding carboxylic acids is 2. The molecule has 1 rings (SSSR count). The summed E-state index contributed by atoms with van der Waals surface area (Å²) in [4.78, 5) is 22.3. The number of hydrazine groups is 2. The van der Waals surface area contributed by atoms with E-state index in [2.05, 4.69) is 0 Å². The lowest BCUT2D eigenvalue weighted by molar-refractivity contribution is -0.149. The van der Waals surface area contributed by atoms with E-state index in [9.17, 15) is 9.59 Å². The van der Waals surface area contributed by atoms with E-state index in [1.807, 2.05) is 10.9 Å². The summed E-state index contributed by atoms with van der Waals surface area (Å²) < 4.78 is 0. The lowest BCUT2D eigenvalue weighted by atomic mass is 9.67. The van der Waals surface area contributed by atoms with Crippen LogP contribution in [0.15, 0.2) is 0 Å². The van der Waals surface area contributed by atoms with Crippen LogP contribution in [0.25, 0.3) is 0 Å². The molecule has 0 radical (unpaired) electrons. The lowest BCUT2D eigenvalue weighted by Gasteiger charge is -2.37. The molecule has 6 N–H and O–H groups in total. The van der Waals surface area contributed by atoms with Crippen molar-refractivity contribution in [3.63, 3.8) is 0 Å². The monoisotopic (exact) mass is 172 g/mol. The number of nitrogens with one attached hydrogen (secondary N) is 2. The SMILES string of the molecule is NNC(=O)C1(C(=O)NN)CCC1. The van der Waals surface area contributed by atoms with Crippen LogP contribution in [0.1, 0.15) is 19.3 Å². The Balaban J connectivity index is 2.75. The molecule has 0 aliphatic heterocycles. The quantitative estimate of drug-likeness (QED) is 0.169. The maximum atomic E-state index is 11.2. The van der Waals surface area contributed by atoms with E-state index in [1.54, 1.807) is 0 Å². The van der Waals surface area contributed by atoms with Gasteiger partial charge in [-0.3, -0.25) is 20.4 Å². The third-order valence-corrected chi connectivity index (χ3v) is 2.34. The van der Waals surface area contributed by atoms with E-state index >= 15 is 0 Å². The van der Waals surface area contributed by atoms with Crippen molar-refractivity contribution in [1.82, 2.24) is 10.9 Å². The van der Waals surface area contributed by atoms with Gasteiger partial charge in [-0.25, -0.2) is 11.7 Å². The largest absolute Gasteiger partial charge is 0.293 e. The number of amides is 2. The molecule has 12 heavy (non-hydrogen) atoms. The Hall–Kier alpha value is -1.14. The first kappa shape index (κ1) is 8.95. The second-order valence-corrected chi connectivity index (χ2v) is 2.88. The molecule has 1 aliphatic carbocycles. The van der Waals surface area contributed by atoms with E-state index in [4.69, 9.17) is 11.7 Å². The fourth-order valence-corrected chi connectivity index (χ4v) is 1.36. The van der Waals surface area contributed by atoms with E-state index in [-0.39, 0.29) is 0 Å². The van der Waals surface area contributed by atoms with Crippen molar-refractivity contribution in [3.8, 4) is 0 Å². The van der Waals surface area contributed by atoms with Crippen LogP contribution in [0, 0.1) is 5.41 Å². The summed E-state index contributed by atoms with van der Waals surface area (Å²) in [6.07, 6.45) is 1.87. The number of hydrogen-bond acceptors (Lipinski definition) is 4. The molecule has 2 amide bonds. The van der Waals surface area contributed by atoms with Crippen molar-refractivity contribution < 1.29 is 9.59 Å². The molecule has 1 fully saturated rings. The molecule has 6 nitrogen and oxygen atoms in total. The van der Waals surface area contributed by atoms with Gasteiger partial charge in [0.05, 0.1) is 0 Å². The van der Waals surface area contributed by atoms with Gasteiger partial charge >= 0.3 is 0 Å². The fraction of sp³-hybridized carbons (Fsp3) is 0.667. The molecule has 0 aromatic rings. The van der Waals surface area contributed by atoms with Gasteiger partial charge in [-0.1, -0.05) is 6.42 Å². The van der Waals surface area contributed by atoms with Crippen LogP contribution in [0.5, 0.6) is 0 Å². The number of nitrogens with two attached hydrogens (primary N) is 2. The minimum absolute atomic E-state index is 0.461. The molecule has 0 bridgehead atoms. The Bertz CT molecular complexity index is 194. The second kappa shape index (κ2) is 3.08. The van der Waals surface area contributed by atoms with Crippen molar-refractivity contribution in [3.05, 3.63) is 0 Å². The van der Waals surface area contributed by atoms with E-state index in [1.165, 1.54) is 0 Å². The van der Waals surface area contributed by atoms with E-state index in [0.717, 1.165) is 6.42 Å². The normalized spacial score (nSPS) is 19.2. The molecule has 0 unspecified atom stereocenters. The predicted octanol–water partition coefficient (Wildman–Crippen LogP) is -1.86. The Morgan fingerprint density at radius 2 is 1.50 bits per heavy atom. The summed E-state index contributed by atoms with van der Waals surface area (Å²) in [5, 5.41) is 0. The standard InChI is InChI=1S/C6H12N4O2/c7-9-4(11)6(2-1-3-6)5(12)10-8/h1-3,7-8H2,(H,9,11)(H,10,12). The molecule has 68 valence electrons. The number of hydrogen-bond donors (Lipinski definition) is 4. The molecule has 0 spiro atoms. The summed E-state index contributed by atoms with van der Waals surface area (Å²) in [6, 6.07) is 0. The molecule has 0 atom stereocenters. The average Bonchev–Trinajstić information content (AvgIpc) is 2.01. The van der Waals surface area contributed by atoms with Crippen molar-refractivity contribution in [2.75, 3.05) is 0 Å². The van der Waals surface area contributed by atoms with Crippen molar-refractivity contribution in [2.45, 2.75) is 19.3 Å². The highest BCUT2D eigenvalue weighted by atomic mass is 16.2. The number of carbonyl (C=O) groups is 2. The third-order valence-electron chi connectivity index (χ3n) is 2.34. The van der Waals surface area contributed by atoms with Gasteiger partial charge in [0, 0.05) is 0 Å². The van der Waals surface area contributed by atoms with Crippen LogP contribution < -0.4 is 22.5 Å². The van der Waals surface area contributed by atoms with Gasteiger partial charge in [0.2, 0.25) is 11.8 Å². The summed E-state index contributed by atoms with van der Waals surface area (Å²) in [7, 11) is 0. The van der Waals surface area contributed by atoms with Crippen LogP contribution in [-0.4, -0.2) is 11.8 Å². The van der Waals surface area contributed by atoms with Crippen LogP contribution in [0.2, 0.25) is 0 Å². The smallest absolute Gasteiger partial charge is 0.249 e. The molecule has 0 saturated heterocycles. The molecule has 6 heteroatoms. The molecular formula is C6H12N4O2. The second-order valence-electron chi connectivity index (χ2n) is 2.88. The molecule has 0 aromatic heterocycles. The zero-order valence-corrected chi connectivity index (χ0v) is 6.59. The zero-order chi connectivity index (χ0) is 9.19. The summed E-state index contributed by atoms with van der Waals surface area (Å²) in [5.74, 6) is 8.96. The molecule has 1 saturated carbocycles. The van der Waals surface area contributed by atoms with Gasteiger partial charge in [-0.2, -0.15) is 0 Å². The Morgan fingerprint density at radius 1 is 1.08 bits per heavy atom. The van der Waals surface area contributed by atoms with E-state index < -0.39 is 17.2 Å². The summed E-state index contributed by atoms with van der Waals surface area (Å²) in [6.45, 7) is 0. The lowest BCUT2D eigenvalue weighted by Crippen LogP contribution is -2.57. The van der Waals surface area contributed by atoms with Crippen molar-refractivity contribution in [2.24, 2.45) is 17.1 Å². The van der Waals surface area contributed by atoms with Crippen molar-refractivity contribution >= 4 is 11.8 Å². The first-order valence-electron chi connectivity index (χ1n) is 3.69. The topological polar surface area (TPSA) is 110 Å². The zero-order valence-electron chi connectivity index (χ0n) is 6.59. The Kier molecular flexibility index (Phi) is 2.30. The van der Waals surface area contributed by atoms with E-state index in [0.29, 0.717) is 12.8 Å². The maximum Gasteiger partial charge on any atom is 0.249 e. The Labute approximate surface area is 69.6 Å². The average molecular weight is 172 g/mol. The first-order chi connectivity index (χ1) is 5.67. The molecule has 0 heterocycles. The molecular weight excluding hydrogens is 160 g/mol. The van der Waals surface area contributed by atoms with Gasteiger partial charge < -0.3 is 0 Å².